The molecule has 2 heterocycles. The number of nitrogens with zero attached hydrogens (tertiary/aromatic N) is 2. The van der Waals surface area contributed by atoms with E-state index in [4.69, 9.17) is 9.52 Å². The predicted octanol–water partition coefficient (Wildman–Crippen LogP) is 3.21. The first-order chi connectivity index (χ1) is 9.72. The average molecular weight is 286 g/mol. The first-order valence-corrected chi connectivity index (χ1v) is 6.87. The highest BCUT2D eigenvalue weighted by molar-refractivity contribution is 7.98. The van der Waals surface area contributed by atoms with E-state index in [1.54, 1.807) is 6.07 Å². The van der Waals surface area contributed by atoms with Crippen LogP contribution in [0.15, 0.2) is 52.0 Å². The monoisotopic (exact) mass is 286 g/mol. The van der Waals surface area contributed by atoms with E-state index in [1.807, 2.05) is 24.3 Å². The van der Waals surface area contributed by atoms with E-state index in [0.29, 0.717) is 11.6 Å². The molecule has 5 nitrogen and oxygen atoms in total. The van der Waals surface area contributed by atoms with E-state index in [9.17, 15) is 4.79 Å². The Morgan fingerprint density at radius 3 is 2.80 bits per heavy atom. The van der Waals surface area contributed by atoms with Crippen molar-refractivity contribution in [2.45, 2.75) is 10.8 Å². The number of aromatic nitrogens is 2. The van der Waals surface area contributed by atoms with Crippen molar-refractivity contribution in [1.82, 2.24) is 9.97 Å². The fourth-order valence-corrected chi connectivity index (χ4v) is 2.40. The first-order valence-electron chi connectivity index (χ1n) is 5.89. The zero-order valence-electron chi connectivity index (χ0n) is 10.3. The van der Waals surface area contributed by atoms with Crippen molar-refractivity contribution >= 4 is 28.8 Å². The van der Waals surface area contributed by atoms with Gasteiger partial charge in [0.25, 0.3) is 0 Å². The normalized spacial score (nSPS) is 10.8. The summed E-state index contributed by atoms with van der Waals surface area (Å²) in [5, 5.41) is 9.53. The van der Waals surface area contributed by atoms with Crippen LogP contribution in [0.4, 0.5) is 0 Å². The molecule has 1 N–H and O–H groups in total. The van der Waals surface area contributed by atoms with Crippen molar-refractivity contribution in [3.63, 3.8) is 0 Å². The Morgan fingerprint density at radius 2 is 2.10 bits per heavy atom. The first kappa shape index (κ1) is 12.7. The van der Waals surface area contributed by atoms with Gasteiger partial charge in [0.05, 0.1) is 16.3 Å². The molecule has 0 radical (unpaired) electrons. The zero-order chi connectivity index (χ0) is 13.9. The lowest BCUT2D eigenvalue weighted by molar-refractivity contribution is 0.0696. The van der Waals surface area contributed by atoms with Gasteiger partial charge in [-0.05, 0) is 24.3 Å². The summed E-state index contributed by atoms with van der Waals surface area (Å²) in [6.45, 7) is 0. The summed E-state index contributed by atoms with van der Waals surface area (Å²) in [5.74, 6) is 0.196. The van der Waals surface area contributed by atoms with Crippen molar-refractivity contribution in [3.05, 3.63) is 54.0 Å². The van der Waals surface area contributed by atoms with E-state index in [-0.39, 0.29) is 5.56 Å². The highest BCUT2D eigenvalue weighted by atomic mass is 32.2. The molecule has 1 aromatic carbocycles. The molecule has 0 aliphatic heterocycles. The third-order valence-electron chi connectivity index (χ3n) is 2.66. The van der Waals surface area contributed by atoms with Crippen LogP contribution in [0.25, 0.3) is 11.1 Å². The molecule has 0 fully saturated rings. The Morgan fingerprint density at radius 1 is 1.25 bits per heavy atom. The molecule has 0 aliphatic carbocycles. The lowest BCUT2D eigenvalue weighted by Gasteiger charge is -1.98. The van der Waals surface area contributed by atoms with Crippen LogP contribution in [-0.2, 0) is 5.75 Å². The van der Waals surface area contributed by atoms with Gasteiger partial charge < -0.3 is 9.52 Å². The number of aromatic carboxylic acids is 1. The maximum absolute atomic E-state index is 10.7. The number of rotatable bonds is 4. The van der Waals surface area contributed by atoms with Crippen LogP contribution in [0.3, 0.4) is 0 Å². The molecule has 0 bridgehead atoms. The molecule has 0 atom stereocenters. The molecule has 0 saturated carbocycles. The van der Waals surface area contributed by atoms with E-state index in [0.717, 1.165) is 16.1 Å². The van der Waals surface area contributed by atoms with Gasteiger partial charge in [-0.15, -0.1) is 0 Å². The molecule has 0 amide bonds. The fraction of sp³-hybridized carbons (Fsp3) is 0.0714. The maximum Gasteiger partial charge on any atom is 0.337 e. The molecule has 6 heteroatoms. The summed E-state index contributed by atoms with van der Waals surface area (Å²) < 4.78 is 5.60. The fourth-order valence-electron chi connectivity index (χ4n) is 1.71. The molecule has 100 valence electrons. The van der Waals surface area contributed by atoms with Crippen LogP contribution >= 0.6 is 11.8 Å². The molecule has 0 saturated heterocycles. The van der Waals surface area contributed by atoms with Crippen LogP contribution in [0.5, 0.6) is 0 Å². The standard InChI is InChI=1S/C14H10N2O3S/c17-14(18)9-5-6-13(15-7-9)20-8-12-16-10-3-1-2-4-11(10)19-12/h1-7H,8H2,(H,17,18). The van der Waals surface area contributed by atoms with Gasteiger partial charge >= 0.3 is 5.97 Å². The van der Waals surface area contributed by atoms with Gasteiger partial charge in [0.15, 0.2) is 5.58 Å². The van der Waals surface area contributed by atoms with Gasteiger partial charge in [0, 0.05) is 6.20 Å². The predicted molar refractivity (Wildman–Crippen MR) is 74.8 cm³/mol. The number of hydrogen-bond donors (Lipinski definition) is 1. The number of pyridine rings is 1. The number of carboxylic acid groups (broad SMARTS) is 1. The molecule has 2 aromatic heterocycles. The third kappa shape index (κ3) is 2.65. The second-order valence-corrected chi connectivity index (χ2v) is 5.05. The Kier molecular flexibility index (Phi) is 3.39. The van der Waals surface area contributed by atoms with Crippen molar-refractivity contribution in [3.8, 4) is 0 Å². The number of fused-ring (bicyclic) bond motifs is 1. The highest BCUT2D eigenvalue weighted by Crippen LogP contribution is 2.23. The molecule has 20 heavy (non-hydrogen) atoms. The Hall–Kier alpha value is -2.34. The van der Waals surface area contributed by atoms with Crippen molar-refractivity contribution in [1.29, 1.82) is 0 Å². The highest BCUT2D eigenvalue weighted by Gasteiger charge is 2.07. The third-order valence-corrected chi connectivity index (χ3v) is 3.59. The van der Waals surface area contributed by atoms with Crippen LogP contribution < -0.4 is 0 Å². The van der Waals surface area contributed by atoms with E-state index >= 15 is 0 Å². The van der Waals surface area contributed by atoms with E-state index in [2.05, 4.69) is 9.97 Å². The number of hydrogen-bond acceptors (Lipinski definition) is 5. The molecule has 0 spiro atoms. The maximum atomic E-state index is 10.7. The van der Waals surface area contributed by atoms with Crippen molar-refractivity contribution < 1.29 is 14.3 Å². The van der Waals surface area contributed by atoms with Gasteiger partial charge in [-0.3, -0.25) is 0 Å². The number of carboxylic acids is 1. The van der Waals surface area contributed by atoms with E-state index in [1.165, 1.54) is 24.0 Å². The van der Waals surface area contributed by atoms with Crippen molar-refractivity contribution in [2.75, 3.05) is 0 Å². The van der Waals surface area contributed by atoms with Crippen molar-refractivity contribution in [2.24, 2.45) is 0 Å². The van der Waals surface area contributed by atoms with Crippen LogP contribution in [0.1, 0.15) is 16.2 Å². The number of thioether (sulfide) groups is 1. The van der Waals surface area contributed by atoms with Gasteiger partial charge in [0.2, 0.25) is 5.89 Å². The largest absolute Gasteiger partial charge is 0.478 e. The van der Waals surface area contributed by atoms with Gasteiger partial charge in [-0.1, -0.05) is 23.9 Å². The lowest BCUT2D eigenvalue weighted by Crippen LogP contribution is -1.96. The molecular weight excluding hydrogens is 276 g/mol. The Bertz CT molecular complexity index is 719. The van der Waals surface area contributed by atoms with Gasteiger partial charge in [-0.2, -0.15) is 0 Å². The minimum Gasteiger partial charge on any atom is -0.478 e. The summed E-state index contributed by atoms with van der Waals surface area (Å²) in [5.41, 5.74) is 1.77. The topological polar surface area (TPSA) is 76.2 Å². The average Bonchev–Trinajstić information content (AvgIpc) is 2.88. The Labute approximate surface area is 118 Å². The van der Waals surface area contributed by atoms with Crippen LogP contribution in [-0.4, -0.2) is 21.0 Å². The minimum absolute atomic E-state index is 0.177. The van der Waals surface area contributed by atoms with Gasteiger partial charge in [0.1, 0.15) is 5.52 Å². The summed E-state index contributed by atoms with van der Waals surface area (Å²) in [7, 11) is 0. The van der Waals surface area contributed by atoms with E-state index < -0.39 is 5.97 Å². The summed E-state index contributed by atoms with van der Waals surface area (Å²) in [6.07, 6.45) is 1.34. The quantitative estimate of drug-likeness (QED) is 0.742. The molecule has 3 aromatic rings. The Balaban J connectivity index is 1.71. The second kappa shape index (κ2) is 5.34. The zero-order valence-corrected chi connectivity index (χ0v) is 11.1. The number of benzene rings is 1. The number of carbonyl (C=O) groups is 1. The molecule has 3 rings (SSSR count). The lowest BCUT2D eigenvalue weighted by atomic mass is 10.3. The SMILES string of the molecule is O=C(O)c1ccc(SCc2nc3ccccc3o2)nc1. The van der Waals surface area contributed by atoms with Crippen LogP contribution in [0.2, 0.25) is 0 Å². The van der Waals surface area contributed by atoms with Crippen LogP contribution in [0, 0.1) is 0 Å². The van der Waals surface area contributed by atoms with Gasteiger partial charge in [-0.25, -0.2) is 14.8 Å². The summed E-state index contributed by atoms with van der Waals surface area (Å²) in [4.78, 5) is 19.2. The summed E-state index contributed by atoms with van der Waals surface area (Å²) in [6, 6.07) is 10.8. The number of oxazole rings is 1. The smallest absolute Gasteiger partial charge is 0.337 e. The molecular formula is C14H10N2O3S. The minimum atomic E-state index is -0.979. The molecule has 0 aliphatic rings. The summed E-state index contributed by atoms with van der Waals surface area (Å²) >= 11 is 1.45. The second-order valence-electron chi connectivity index (χ2n) is 4.05. The number of para-hydroxylation sites is 2. The molecule has 0 unspecified atom stereocenters.